The second kappa shape index (κ2) is 9.77. The van der Waals surface area contributed by atoms with E-state index in [2.05, 4.69) is 15.5 Å². The van der Waals surface area contributed by atoms with Crippen molar-refractivity contribution in [3.05, 3.63) is 97.1 Å². The number of rotatable bonds is 6. The van der Waals surface area contributed by atoms with Gasteiger partial charge in [-0.15, -0.1) is 0 Å². The van der Waals surface area contributed by atoms with Crippen molar-refractivity contribution in [1.29, 1.82) is 0 Å². The Morgan fingerprint density at radius 1 is 1.06 bits per heavy atom. The molecule has 8 nitrogen and oxygen atoms in total. The third-order valence-electron chi connectivity index (χ3n) is 5.38. The quantitative estimate of drug-likeness (QED) is 0.209. The van der Waals surface area contributed by atoms with Crippen molar-refractivity contribution in [3.63, 3.8) is 0 Å². The Morgan fingerprint density at radius 2 is 1.83 bits per heavy atom. The van der Waals surface area contributed by atoms with Crippen molar-refractivity contribution >= 4 is 40.5 Å². The van der Waals surface area contributed by atoms with Crippen LogP contribution in [0.2, 0.25) is 10.0 Å². The second-order valence-electron chi connectivity index (χ2n) is 8.02. The fourth-order valence-electron chi connectivity index (χ4n) is 3.53. The van der Waals surface area contributed by atoms with Crippen LogP contribution in [0.15, 0.2) is 54.6 Å². The number of H-pyrrole nitrogens is 1. The summed E-state index contributed by atoms with van der Waals surface area (Å²) in [5.41, 5.74) is 4.11. The first-order valence-corrected chi connectivity index (χ1v) is 11.2. The number of ether oxygens (including phenoxy) is 1. The first-order chi connectivity index (χ1) is 16.6. The zero-order chi connectivity index (χ0) is 25.3. The zero-order valence-electron chi connectivity index (χ0n) is 19.0. The Bertz CT molecular complexity index is 1470. The molecule has 3 aromatic carbocycles. The minimum Gasteiger partial charge on any atom is -0.457 e. The molecule has 178 valence electrons. The van der Waals surface area contributed by atoms with Crippen LogP contribution >= 0.6 is 23.2 Å². The van der Waals surface area contributed by atoms with Gasteiger partial charge in [0.05, 0.1) is 27.4 Å². The standard InChI is InChI=1S/C25H20Cl2N4O4/c1-13-6-14(2)15(3)24(7-13)35-19-10-17(9-18(11-19)31(33)34)28-25(32)23-12-22(29-30-23)20-5-4-16(26)8-21(20)27/h4-12H,1-3H3,(H,28,32)(H,29,30). The summed E-state index contributed by atoms with van der Waals surface area (Å²) in [6, 6.07) is 14.4. The maximum atomic E-state index is 12.8. The van der Waals surface area contributed by atoms with Crippen LogP contribution in [0.25, 0.3) is 11.3 Å². The van der Waals surface area contributed by atoms with Gasteiger partial charge in [-0.2, -0.15) is 5.10 Å². The van der Waals surface area contributed by atoms with E-state index in [1.54, 1.807) is 18.2 Å². The van der Waals surface area contributed by atoms with E-state index >= 15 is 0 Å². The summed E-state index contributed by atoms with van der Waals surface area (Å²) in [6.45, 7) is 5.81. The Morgan fingerprint density at radius 3 is 2.54 bits per heavy atom. The number of nitrogens with one attached hydrogen (secondary N) is 2. The Kier molecular flexibility index (Phi) is 6.77. The van der Waals surface area contributed by atoms with Crippen LogP contribution in [-0.2, 0) is 0 Å². The van der Waals surface area contributed by atoms with Gasteiger partial charge in [0.1, 0.15) is 17.2 Å². The predicted octanol–water partition coefficient (Wildman–Crippen LogP) is 7.26. The van der Waals surface area contributed by atoms with Gasteiger partial charge in [-0.1, -0.05) is 29.3 Å². The van der Waals surface area contributed by atoms with Gasteiger partial charge in [-0.3, -0.25) is 20.0 Å². The molecule has 0 unspecified atom stereocenters. The second-order valence-corrected chi connectivity index (χ2v) is 8.87. The number of nitrogens with zero attached hydrogens (tertiary/aromatic N) is 2. The third kappa shape index (κ3) is 5.45. The SMILES string of the molecule is Cc1cc(C)c(C)c(Oc2cc(NC(=O)c3cc(-c4ccc(Cl)cc4Cl)n[nH]3)cc([N+](=O)[O-])c2)c1. The maximum absolute atomic E-state index is 12.8. The van der Waals surface area contributed by atoms with Crippen molar-refractivity contribution in [2.75, 3.05) is 5.32 Å². The highest BCUT2D eigenvalue weighted by Crippen LogP contribution is 2.33. The molecule has 0 saturated carbocycles. The Balaban J connectivity index is 1.61. The van der Waals surface area contributed by atoms with E-state index in [9.17, 15) is 14.9 Å². The summed E-state index contributed by atoms with van der Waals surface area (Å²) < 4.78 is 5.97. The number of carbonyl (C=O) groups is 1. The number of carbonyl (C=O) groups excluding carboxylic acids is 1. The molecule has 0 saturated heterocycles. The van der Waals surface area contributed by atoms with E-state index in [0.717, 1.165) is 16.7 Å². The number of aryl methyl sites for hydroxylation is 2. The molecule has 0 spiro atoms. The molecule has 0 aliphatic rings. The van der Waals surface area contributed by atoms with Crippen molar-refractivity contribution in [2.24, 2.45) is 0 Å². The largest absolute Gasteiger partial charge is 0.457 e. The summed E-state index contributed by atoms with van der Waals surface area (Å²) in [4.78, 5) is 23.8. The minimum atomic E-state index is -0.548. The molecule has 0 radical (unpaired) electrons. The van der Waals surface area contributed by atoms with Gasteiger partial charge in [0.2, 0.25) is 0 Å². The first kappa shape index (κ1) is 24.3. The first-order valence-electron chi connectivity index (χ1n) is 10.5. The van der Waals surface area contributed by atoms with Gasteiger partial charge in [0.15, 0.2) is 0 Å². The van der Waals surface area contributed by atoms with Crippen LogP contribution in [0.3, 0.4) is 0 Å². The number of hydrogen-bond acceptors (Lipinski definition) is 5. The zero-order valence-corrected chi connectivity index (χ0v) is 20.5. The van der Waals surface area contributed by atoms with Crippen molar-refractivity contribution in [2.45, 2.75) is 20.8 Å². The van der Waals surface area contributed by atoms with Crippen molar-refractivity contribution in [1.82, 2.24) is 10.2 Å². The average molecular weight is 511 g/mol. The fraction of sp³-hybridized carbons (Fsp3) is 0.120. The molecule has 0 bridgehead atoms. The summed E-state index contributed by atoms with van der Waals surface area (Å²) in [5, 5.41) is 21.8. The highest BCUT2D eigenvalue weighted by molar-refractivity contribution is 6.36. The summed E-state index contributed by atoms with van der Waals surface area (Å²) >= 11 is 12.2. The molecule has 1 heterocycles. The Labute approximate surface area is 211 Å². The molecule has 0 fully saturated rings. The monoisotopic (exact) mass is 510 g/mol. The fourth-order valence-corrected chi connectivity index (χ4v) is 4.03. The average Bonchev–Trinajstić information content (AvgIpc) is 3.27. The van der Waals surface area contributed by atoms with E-state index in [0.29, 0.717) is 27.1 Å². The van der Waals surface area contributed by atoms with E-state index in [-0.39, 0.29) is 22.8 Å². The van der Waals surface area contributed by atoms with Gasteiger partial charge < -0.3 is 10.1 Å². The minimum absolute atomic E-state index is 0.144. The molecular formula is C25H20Cl2N4O4. The number of non-ortho nitro benzene ring substituents is 1. The molecule has 1 aromatic heterocycles. The topological polar surface area (TPSA) is 110 Å². The third-order valence-corrected chi connectivity index (χ3v) is 5.93. The van der Waals surface area contributed by atoms with Gasteiger partial charge in [0, 0.05) is 22.7 Å². The summed E-state index contributed by atoms with van der Waals surface area (Å²) in [7, 11) is 0. The van der Waals surface area contributed by atoms with Gasteiger partial charge in [0.25, 0.3) is 11.6 Å². The molecular weight excluding hydrogens is 491 g/mol. The van der Waals surface area contributed by atoms with Crippen LogP contribution < -0.4 is 10.1 Å². The van der Waals surface area contributed by atoms with Crippen LogP contribution in [0.1, 0.15) is 27.2 Å². The number of nitro groups is 1. The lowest BCUT2D eigenvalue weighted by atomic mass is 10.1. The highest BCUT2D eigenvalue weighted by Gasteiger charge is 2.17. The van der Waals surface area contributed by atoms with E-state index in [4.69, 9.17) is 27.9 Å². The van der Waals surface area contributed by atoms with Crippen LogP contribution in [-0.4, -0.2) is 21.0 Å². The maximum Gasteiger partial charge on any atom is 0.275 e. The molecule has 4 rings (SSSR count). The van der Waals surface area contributed by atoms with E-state index < -0.39 is 10.8 Å². The Hall–Kier alpha value is -3.88. The lowest BCUT2D eigenvalue weighted by molar-refractivity contribution is -0.384. The molecule has 35 heavy (non-hydrogen) atoms. The van der Waals surface area contributed by atoms with Crippen molar-refractivity contribution < 1.29 is 14.5 Å². The summed E-state index contributed by atoms with van der Waals surface area (Å²) in [5.74, 6) is 0.266. The summed E-state index contributed by atoms with van der Waals surface area (Å²) in [6.07, 6.45) is 0. The van der Waals surface area contributed by atoms with Gasteiger partial charge in [-0.05, 0) is 67.8 Å². The number of anilines is 1. The highest BCUT2D eigenvalue weighted by atomic mass is 35.5. The van der Waals surface area contributed by atoms with Gasteiger partial charge in [-0.25, -0.2) is 0 Å². The molecule has 1 amide bonds. The van der Waals surface area contributed by atoms with E-state index in [1.165, 1.54) is 24.3 Å². The van der Waals surface area contributed by atoms with Crippen molar-refractivity contribution in [3.8, 4) is 22.8 Å². The number of aromatic nitrogens is 2. The number of amides is 1. The molecule has 2 N–H and O–H groups in total. The van der Waals surface area contributed by atoms with Gasteiger partial charge >= 0.3 is 0 Å². The molecule has 0 aliphatic heterocycles. The van der Waals surface area contributed by atoms with Crippen LogP contribution in [0.4, 0.5) is 11.4 Å². The number of halogens is 2. The lowest BCUT2D eigenvalue weighted by Gasteiger charge is -2.13. The molecule has 0 aliphatic carbocycles. The van der Waals surface area contributed by atoms with Crippen LogP contribution in [0, 0.1) is 30.9 Å². The molecule has 4 aromatic rings. The molecule has 0 atom stereocenters. The predicted molar refractivity (Wildman–Crippen MR) is 136 cm³/mol. The number of benzene rings is 3. The normalized spacial score (nSPS) is 10.8. The smallest absolute Gasteiger partial charge is 0.275 e. The number of nitro benzene ring substituents is 1. The van der Waals surface area contributed by atoms with Crippen LogP contribution in [0.5, 0.6) is 11.5 Å². The number of hydrogen-bond donors (Lipinski definition) is 2. The lowest BCUT2D eigenvalue weighted by Crippen LogP contribution is -2.12. The molecule has 10 heteroatoms. The van der Waals surface area contributed by atoms with E-state index in [1.807, 2.05) is 32.9 Å². The number of aromatic amines is 1.